The number of nitrogens with zero attached hydrogens (tertiary/aromatic N) is 2. The van der Waals surface area contributed by atoms with Gasteiger partial charge in [-0.25, -0.2) is 4.90 Å². The third-order valence-corrected chi connectivity index (χ3v) is 6.18. The van der Waals surface area contributed by atoms with E-state index in [-0.39, 0.29) is 11.8 Å². The number of rotatable bonds is 8. The lowest BCUT2D eigenvalue weighted by Gasteiger charge is -2.25. The Balaban J connectivity index is 1.81. The molecule has 0 atom stereocenters. The van der Waals surface area contributed by atoms with E-state index in [1.165, 1.54) is 4.90 Å². The van der Waals surface area contributed by atoms with Gasteiger partial charge in [0.05, 0.1) is 17.9 Å². The Morgan fingerprint density at radius 1 is 0.824 bits per heavy atom. The zero-order valence-corrected chi connectivity index (χ0v) is 20.2. The summed E-state index contributed by atoms with van der Waals surface area (Å²) in [4.78, 5) is 30.9. The van der Waals surface area contributed by atoms with Crippen molar-refractivity contribution in [2.45, 2.75) is 34.2 Å². The Morgan fingerprint density at radius 2 is 1.53 bits per heavy atom. The predicted molar refractivity (Wildman–Crippen MR) is 135 cm³/mol. The van der Waals surface area contributed by atoms with Gasteiger partial charge in [0, 0.05) is 13.1 Å². The number of hydrogen-bond donors (Lipinski definition) is 0. The van der Waals surface area contributed by atoms with E-state index in [1.807, 2.05) is 105 Å². The highest BCUT2D eigenvalue weighted by Crippen LogP contribution is 2.36. The number of ether oxygens (including phenoxy) is 1. The van der Waals surface area contributed by atoms with Gasteiger partial charge in [-0.05, 0) is 74.2 Å². The number of anilines is 1. The van der Waals surface area contributed by atoms with Crippen molar-refractivity contribution in [2.75, 3.05) is 18.1 Å². The van der Waals surface area contributed by atoms with Gasteiger partial charge in [-0.3, -0.25) is 9.59 Å². The first kappa shape index (κ1) is 23.3. The Bertz CT molecular complexity index is 1230. The quantitative estimate of drug-likeness (QED) is 0.421. The molecule has 2 amide bonds. The topological polar surface area (TPSA) is 49.9 Å². The van der Waals surface area contributed by atoms with E-state index in [1.54, 1.807) is 0 Å². The van der Waals surface area contributed by atoms with Crippen molar-refractivity contribution >= 4 is 23.1 Å². The van der Waals surface area contributed by atoms with Crippen molar-refractivity contribution < 1.29 is 14.3 Å². The van der Waals surface area contributed by atoms with Crippen molar-refractivity contribution in [3.63, 3.8) is 0 Å². The van der Waals surface area contributed by atoms with Crippen molar-refractivity contribution in [1.29, 1.82) is 0 Å². The molecule has 4 rings (SSSR count). The molecule has 0 saturated carbocycles. The maximum atomic E-state index is 13.8. The van der Waals surface area contributed by atoms with E-state index < -0.39 is 0 Å². The summed E-state index contributed by atoms with van der Waals surface area (Å²) in [6.45, 7) is 9.61. The zero-order chi connectivity index (χ0) is 24.2. The maximum absolute atomic E-state index is 13.8. The van der Waals surface area contributed by atoms with E-state index in [0.29, 0.717) is 42.2 Å². The smallest absolute Gasteiger partial charge is 0.282 e. The Kier molecular flexibility index (Phi) is 6.82. The van der Waals surface area contributed by atoms with Crippen molar-refractivity contribution in [2.24, 2.45) is 0 Å². The molecule has 0 saturated heterocycles. The number of benzene rings is 3. The van der Waals surface area contributed by atoms with Crippen LogP contribution in [0, 0.1) is 13.8 Å². The van der Waals surface area contributed by atoms with Gasteiger partial charge in [0.1, 0.15) is 11.4 Å². The molecule has 3 aromatic rings. The summed E-state index contributed by atoms with van der Waals surface area (Å²) in [7, 11) is 0. The van der Waals surface area contributed by atoms with Crippen LogP contribution >= 0.6 is 0 Å². The van der Waals surface area contributed by atoms with E-state index in [2.05, 4.69) is 0 Å². The Morgan fingerprint density at radius 3 is 2.15 bits per heavy atom. The monoisotopic (exact) mass is 454 g/mol. The second kappa shape index (κ2) is 9.96. The lowest BCUT2D eigenvalue weighted by molar-refractivity contribution is -0.120. The van der Waals surface area contributed by atoms with Crippen LogP contribution in [0.3, 0.4) is 0 Å². The largest absolute Gasteiger partial charge is 0.494 e. The molecule has 0 unspecified atom stereocenters. The number of imide groups is 1. The molecule has 3 aromatic carbocycles. The van der Waals surface area contributed by atoms with Crippen molar-refractivity contribution in [1.82, 2.24) is 4.90 Å². The number of amides is 2. The van der Waals surface area contributed by atoms with Crippen LogP contribution in [0.2, 0.25) is 0 Å². The van der Waals surface area contributed by atoms with Gasteiger partial charge in [0.2, 0.25) is 0 Å². The second-order valence-electron chi connectivity index (χ2n) is 8.40. The fourth-order valence-corrected chi connectivity index (χ4v) is 4.21. The molecule has 0 bridgehead atoms. The Labute approximate surface area is 201 Å². The first-order valence-electron chi connectivity index (χ1n) is 11.7. The second-order valence-corrected chi connectivity index (χ2v) is 8.40. The molecule has 0 N–H and O–H groups in total. The van der Waals surface area contributed by atoms with Gasteiger partial charge >= 0.3 is 0 Å². The van der Waals surface area contributed by atoms with E-state index in [4.69, 9.17) is 4.74 Å². The SMILES string of the molecule is CCOc1ccc(C2=C(N(CC)Cc3ccccc3)C(=O)N(c3ccc(C)c(C)c3)C2=O)cc1. The van der Waals surface area contributed by atoms with Crippen molar-refractivity contribution in [3.8, 4) is 5.75 Å². The normalized spacial score (nSPS) is 13.6. The first-order chi connectivity index (χ1) is 16.4. The van der Waals surface area contributed by atoms with Gasteiger partial charge in [0.15, 0.2) is 0 Å². The highest BCUT2D eigenvalue weighted by molar-refractivity contribution is 6.45. The van der Waals surface area contributed by atoms with Crippen LogP contribution in [-0.2, 0) is 16.1 Å². The van der Waals surface area contributed by atoms with Crippen LogP contribution in [0.4, 0.5) is 5.69 Å². The third kappa shape index (κ3) is 4.46. The maximum Gasteiger partial charge on any atom is 0.282 e. The average Bonchev–Trinajstić information content (AvgIpc) is 3.10. The van der Waals surface area contributed by atoms with Gasteiger partial charge in [-0.1, -0.05) is 48.5 Å². The average molecular weight is 455 g/mol. The molecule has 1 heterocycles. The third-order valence-electron chi connectivity index (χ3n) is 6.18. The van der Waals surface area contributed by atoms with Crippen LogP contribution in [0.15, 0.2) is 78.5 Å². The fourth-order valence-electron chi connectivity index (χ4n) is 4.21. The summed E-state index contributed by atoms with van der Waals surface area (Å²) in [5.41, 5.74) is 5.37. The molecule has 34 heavy (non-hydrogen) atoms. The minimum Gasteiger partial charge on any atom is -0.494 e. The van der Waals surface area contributed by atoms with Crippen LogP contribution in [0.1, 0.15) is 36.1 Å². The van der Waals surface area contributed by atoms with Gasteiger partial charge in [-0.15, -0.1) is 0 Å². The van der Waals surface area contributed by atoms with E-state index in [9.17, 15) is 9.59 Å². The van der Waals surface area contributed by atoms with E-state index >= 15 is 0 Å². The van der Waals surface area contributed by atoms with Crippen molar-refractivity contribution in [3.05, 3.63) is 101 Å². The van der Waals surface area contributed by atoms with Gasteiger partial charge in [-0.2, -0.15) is 0 Å². The number of carbonyl (C=O) groups is 2. The van der Waals surface area contributed by atoms with E-state index in [0.717, 1.165) is 22.4 Å². The highest BCUT2D eigenvalue weighted by Gasteiger charge is 2.42. The fraction of sp³-hybridized carbons (Fsp3) is 0.241. The molecule has 0 aromatic heterocycles. The molecule has 1 aliphatic heterocycles. The molecule has 0 fully saturated rings. The lowest BCUT2D eigenvalue weighted by atomic mass is 10.0. The number of carbonyl (C=O) groups excluding carboxylic acids is 2. The minimum absolute atomic E-state index is 0.296. The summed E-state index contributed by atoms with van der Waals surface area (Å²) in [6.07, 6.45) is 0. The van der Waals surface area contributed by atoms with Crippen LogP contribution in [-0.4, -0.2) is 29.9 Å². The summed E-state index contributed by atoms with van der Waals surface area (Å²) in [6, 6.07) is 23.1. The minimum atomic E-state index is -0.307. The molecule has 5 heteroatoms. The van der Waals surface area contributed by atoms with Gasteiger partial charge in [0.25, 0.3) is 11.8 Å². The highest BCUT2D eigenvalue weighted by atomic mass is 16.5. The summed E-state index contributed by atoms with van der Waals surface area (Å²) in [5.74, 6) is 0.127. The molecule has 0 spiro atoms. The molecule has 0 aliphatic carbocycles. The lowest BCUT2D eigenvalue weighted by Crippen LogP contribution is -2.35. The Hall–Kier alpha value is -3.86. The molecule has 5 nitrogen and oxygen atoms in total. The number of hydrogen-bond acceptors (Lipinski definition) is 4. The summed E-state index contributed by atoms with van der Waals surface area (Å²) >= 11 is 0. The summed E-state index contributed by atoms with van der Waals surface area (Å²) in [5, 5.41) is 0. The molecular weight excluding hydrogens is 424 g/mol. The summed E-state index contributed by atoms with van der Waals surface area (Å²) < 4.78 is 5.57. The molecule has 0 radical (unpaired) electrons. The molecule has 174 valence electrons. The predicted octanol–water partition coefficient (Wildman–Crippen LogP) is 5.51. The molecule has 1 aliphatic rings. The number of likely N-dealkylation sites (N-methyl/N-ethyl adjacent to an activating group) is 1. The molecular formula is C29H30N2O3. The first-order valence-corrected chi connectivity index (χ1v) is 11.7. The van der Waals surface area contributed by atoms with Gasteiger partial charge < -0.3 is 9.64 Å². The zero-order valence-electron chi connectivity index (χ0n) is 20.2. The van der Waals surface area contributed by atoms with Crippen LogP contribution in [0.25, 0.3) is 5.57 Å². The standard InChI is InChI=1S/C29H30N2O3/c1-5-30(19-22-10-8-7-9-11-22)27-26(23-13-16-25(17-14-23)34-6-2)28(32)31(29(27)33)24-15-12-20(3)21(4)18-24/h7-18H,5-6,19H2,1-4H3. The number of aryl methyl sites for hydroxylation is 2. The van der Waals surface area contributed by atoms with Crippen LogP contribution < -0.4 is 9.64 Å². The van der Waals surface area contributed by atoms with Crippen LogP contribution in [0.5, 0.6) is 5.75 Å².